The van der Waals surface area contributed by atoms with Crippen LogP contribution in [-0.4, -0.2) is 11.6 Å². The molecule has 2 rings (SSSR count). The van der Waals surface area contributed by atoms with Gasteiger partial charge in [0.25, 0.3) is 0 Å². The molecule has 2 heteroatoms. The quantitative estimate of drug-likeness (QED) is 0.568. The predicted octanol–water partition coefficient (Wildman–Crippen LogP) is 4.56. The third-order valence-electron chi connectivity index (χ3n) is 4.70. The second kappa shape index (κ2) is 7.12. The van der Waals surface area contributed by atoms with Gasteiger partial charge in [-0.1, -0.05) is 44.9 Å². The molecule has 0 aromatic rings. The van der Waals surface area contributed by atoms with Crippen molar-refractivity contribution in [1.29, 1.82) is 0 Å². The molecule has 1 atom stereocenters. The zero-order chi connectivity index (χ0) is 14.5. The molecule has 2 N–H and O–H groups in total. The van der Waals surface area contributed by atoms with E-state index in [1.54, 1.807) is 0 Å². The van der Waals surface area contributed by atoms with Crippen LogP contribution in [0.1, 0.15) is 59.3 Å². The summed E-state index contributed by atoms with van der Waals surface area (Å²) in [4.78, 5) is 0. The van der Waals surface area contributed by atoms with Crippen molar-refractivity contribution in [3.8, 4) is 0 Å². The summed E-state index contributed by atoms with van der Waals surface area (Å²) in [5.74, 6) is 7.73. The monoisotopic (exact) mass is 274 g/mol. The third kappa shape index (κ3) is 3.54. The van der Waals surface area contributed by atoms with Gasteiger partial charge in [-0.15, -0.1) is 0 Å². The second-order valence-electron chi connectivity index (χ2n) is 6.44. The fourth-order valence-corrected chi connectivity index (χ4v) is 3.17. The van der Waals surface area contributed by atoms with Gasteiger partial charge >= 0.3 is 0 Å². The number of nitrogens with two attached hydrogens (primary N) is 1. The van der Waals surface area contributed by atoms with E-state index in [9.17, 15) is 0 Å². The van der Waals surface area contributed by atoms with Crippen LogP contribution in [0, 0.1) is 11.8 Å². The Kier molecular flexibility index (Phi) is 5.47. The minimum atomic E-state index is 0.648. The van der Waals surface area contributed by atoms with E-state index in [-0.39, 0.29) is 0 Å². The average Bonchev–Trinajstić information content (AvgIpc) is 2.39. The van der Waals surface area contributed by atoms with Gasteiger partial charge < -0.3 is 5.01 Å². The van der Waals surface area contributed by atoms with E-state index in [0.29, 0.717) is 11.8 Å². The molecule has 1 unspecified atom stereocenters. The minimum absolute atomic E-state index is 0.648. The van der Waals surface area contributed by atoms with Gasteiger partial charge in [0.15, 0.2) is 0 Å². The van der Waals surface area contributed by atoms with Crippen molar-refractivity contribution >= 4 is 0 Å². The first-order chi connectivity index (χ1) is 9.63. The van der Waals surface area contributed by atoms with Crippen molar-refractivity contribution in [3.05, 3.63) is 35.1 Å². The summed E-state index contributed by atoms with van der Waals surface area (Å²) < 4.78 is 0. The molecule has 0 aromatic carbocycles. The molecule has 0 spiro atoms. The lowest BCUT2D eigenvalue weighted by Gasteiger charge is -2.36. The van der Waals surface area contributed by atoms with Crippen LogP contribution >= 0.6 is 0 Å². The van der Waals surface area contributed by atoms with Gasteiger partial charge in [0.05, 0.1) is 0 Å². The number of hydrogen-bond donors (Lipinski definition) is 1. The molecule has 1 fully saturated rings. The summed E-state index contributed by atoms with van der Waals surface area (Å²) in [6.45, 7) is 7.77. The van der Waals surface area contributed by atoms with E-state index in [2.05, 4.69) is 39.0 Å². The summed E-state index contributed by atoms with van der Waals surface area (Å²) in [7, 11) is 0. The smallest absolute Gasteiger partial charge is 0.0354 e. The Morgan fingerprint density at radius 3 is 2.70 bits per heavy atom. The summed E-state index contributed by atoms with van der Waals surface area (Å²) >= 11 is 0. The van der Waals surface area contributed by atoms with Crippen LogP contribution in [0.2, 0.25) is 0 Å². The molecule has 0 amide bonds. The van der Waals surface area contributed by atoms with Crippen LogP contribution in [0.4, 0.5) is 0 Å². The van der Waals surface area contributed by atoms with Gasteiger partial charge in [-0.2, -0.15) is 0 Å². The number of rotatable bonds is 6. The molecular weight excluding hydrogens is 244 g/mol. The lowest BCUT2D eigenvalue weighted by molar-refractivity contribution is 0.243. The van der Waals surface area contributed by atoms with Crippen LogP contribution < -0.4 is 5.84 Å². The van der Waals surface area contributed by atoms with Crippen molar-refractivity contribution < 1.29 is 0 Å². The number of hydrazine groups is 1. The maximum atomic E-state index is 6.39. The van der Waals surface area contributed by atoms with Crippen LogP contribution in [0.3, 0.4) is 0 Å². The van der Waals surface area contributed by atoms with E-state index in [1.807, 2.05) is 5.01 Å². The minimum Gasteiger partial charge on any atom is -0.315 e. The Labute approximate surface area is 124 Å². The van der Waals surface area contributed by atoms with E-state index in [4.69, 9.17) is 5.84 Å². The molecule has 1 saturated carbocycles. The van der Waals surface area contributed by atoms with E-state index in [1.165, 1.54) is 48.9 Å². The molecular formula is C18H30N2. The molecule has 112 valence electrons. The zero-order valence-electron chi connectivity index (χ0n) is 13.4. The number of allylic oxidation sites excluding steroid dienone is 6. The highest BCUT2D eigenvalue weighted by molar-refractivity contribution is 5.39. The molecule has 2 aliphatic carbocycles. The summed E-state index contributed by atoms with van der Waals surface area (Å²) in [6, 6.07) is 0. The first-order valence-electron chi connectivity index (χ1n) is 8.24. The van der Waals surface area contributed by atoms with Crippen molar-refractivity contribution in [2.75, 3.05) is 6.54 Å². The highest BCUT2D eigenvalue weighted by atomic mass is 15.4. The fraction of sp³-hybridized carbons (Fsp3) is 0.667. The van der Waals surface area contributed by atoms with Gasteiger partial charge in [0.1, 0.15) is 0 Å². The van der Waals surface area contributed by atoms with Gasteiger partial charge in [-0.3, -0.25) is 0 Å². The first kappa shape index (κ1) is 15.4. The Bertz CT molecular complexity index is 413. The Morgan fingerprint density at radius 2 is 2.15 bits per heavy atom. The fourth-order valence-electron chi connectivity index (χ4n) is 3.17. The molecule has 0 saturated heterocycles. The lowest BCUT2D eigenvalue weighted by Crippen LogP contribution is -2.37. The standard InChI is InChI=1S/C18H30N2/c1-4-5-12-20(19)18(16-9-7-10-16)15(3)17-11-6-8-14(2)13-17/h6,8,11,14,16H,4-5,7,9-10,12-13,19H2,1-3H3/b18-15+. The topological polar surface area (TPSA) is 29.3 Å². The molecule has 0 aromatic heterocycles. The maximum Gasteiger partial charge on any atom is 0.0354 e. The number of hydrogen-bond acceptors (Lipinski definition) is 2. The van der Waals surface area contributed by atoms with Crippen LogP contribution in [0.15, 0.2) is 35.1 Å². The SMILES string of the molecule is CCCCN(N)/C(=C(\C)C1=CC=CC(C)C1)C1CCC1. The van der Waals surface area contributed by atoms with Gasteiger partial charge in [0.2, 0.25) is 0 Å². The summed E-state index contributed by atoms with van der Waals surface area (Å²) in [5, 5.41) is 2.05. The molecule has 0 bridgehead atoms. The molecule has 20 heavy (non-hydrogen) atoms. The molecule has 2 aliphatic rings. The Morgan fingerprint density at radius 1 is 1.40 bits per heavy atom. The van der Waals surface area contributed by atoms with Crippen LogP contribution in [0.5, 0.6) is 0 Å². The van der Waals surface area contributed by atoms with Gasteiger partial charge in [-0.05, 0) is 49.7 Å². The first-order valence-corrected chi connectivity index (χ1v) is 8.24. The van der Waals surface area contributed by atoms with Gasteiger partial charge in [-0.25, -0.2) is 5.84 Å². The van der Waals surface area contributed by atoms with Gasteiger partial charge in [0, 0.05) is 18.2 Å². The van der Waals surface area contributed by atoms with Crippen LogP contribution in [0.25, 0.3) is 0 Å². The second-order valence-corrected chi connectivity index (χ2v) is 6.44. The normalized spacial score (nSPS) is 24.0. The van der Waals surface area contributed by atoms with Crippen molar-refractivity contribution in [1.82, 2.24) is 5.01 Å². The summed E-state index contributed by atoms with van der Waals surface area (Å²) in [5.41, 5.74) is 4.33. The van der Waals surface area contributed by atoms with E-state index >= 15 is 0 Å². The highest BCUT2D eigenvalue weighted by Crippen LogP contribution is 2.38. The third-order valence-corrected chi connectivity index (χ3v) is 4.70. The molecule has 0 aliphatic heterocycles. The lowest BCUT2D eigenvalue weighted by atomic mass is 9.79. The Balaban J connectivity index is 2.21. The van der Waals surface area contributed by atoms with Crippen LogP contribution in [-0.2, 0) is 0 Å². The zero-order valence-corrected chi connectivity index (χ0v) is 13.4. The average molecular weight is 274 g/mol. The van der Waals surface area contributed by atoms with Crippen molar-refractivity contribution in [2.45, 2.75) is 59.3 Å². The largest absolute Gasteiger partial charge is 0.315 e. The summed E-state index contributed by atoms with van der Waals surface area (Å²) in [6.07, 6.45) is 14.3. The predicted molar refractivity (Wildman–Crippen MR) is 86.8 cm³/mol. The molecule has 2 nitrogen and oxygen atoms in total. The van der Waals surface area contributed by atoms with E-state index in [0.717, 1.165) is 13.0 Å². The Hall–Kier alpha value is -1.02. The number of nitrogens with zero attached hydrogens (tertiary/aromatic N) is 1. The number of unbranched alkanes of at least 4 members (excludes halogenated alkanes) is 1. The van der Waals surface area contributed by atoms with E-state index < -0.39 is 0 Å². The van der Waals surface area contributed by atoms with Crippen molar-refractivity contribution in [2.24, 2.45) is 17.7 Å². The maximum absolute atomic E-state index is 6.39. The molecule has 0 heterocycles. The molecule has 0 radical (unpaired) electrons. The highest BCUT2D eigenvalue weighted by Gasteiger charge is 2.27. The van der Waals surface area contributed by atoms with Crippen molar-refractivity contribution in [3.63, 3.8) is 0 Å².